The van der Waals surface area contributed by atoms with Gasteiger partial charge in [-0.1, -0.05) is 6.92 Å². The van der Waals surface area contributed by atoms with Gasteiger partial charge in [-0.25, -0.2) is 0 Å². The number of piperidine rings is 1. The number of aryl methyl sites for hydroxylation is 1. The van der Waals surface area contributed by atoms with E-state index >= 15 is 0 Å². The van der Waals surface area contributed by atoms with E-state index in [-0.39, 0.29) is 0 Å². The van der Waals surface area contributed by atoms with Gasteiger partial charge in [-0.05, 0) is 44.2 Å². The summed E-state index contributed by atoms with van der Waals surface area (Å²) in [5, 5.41) is 0. The molecule has 100 valence electrons. The fourth-order valence-corrected chi connectivity index (χ4v) is 4.52. The Hall–Kier alpha value is -0.380. The van der Waals surface area contributed by atoms with Crippen molar-refractivity contribution in [3.63, 3.8) is 0 Å². The molecule has 0 amide bonds. The van der Waals surface area contributed by atoms with Gasteiger partial charge in [0.2, 0.25) is 0 Å². The zero-order chi connectivity index (χ0) is 12.5. The van der Waals surface area contributed by atoms with Gasteiger partial charge in [0.1, 0.15) is 0 Å². The van der Waals surface area contributed by atoms with E-state index in [1.165, 1.54) is 37.0 Å². The van der Waals surface area contributed by atoms with E-state index in [2.05, 4.69) is 24.0 Å². The molecule has 0 aromatic carbocycles. The van der Waals surface area contributed by atoms with Crippen LogP contribution in [0, 0.1) is 0 Å². The average Bonchev–Trinajstić information content (AvgIpc) is 2.93. The van der Waals surface area contributed by atoms with Gasteiger partial charge in [-0.3, -0.25) is 4.90 Å². The molecule has 0 N–H and O–H groups in total. The van der Waals surface area contributed by atoms with Crippen molar-refractivity contribution in [3.8, 4) is 0 Å². The first-order valence-corrected chi connectivity index (χ1v) is 7.98. The number of ether oxygens (including phenoxy) is 1. The number of fused-ring (bicyclic) bond motifs is 2. The first kappa shape index (κ1) is 12.6. The van der Waals surface area contributed by atoms with E-state index in [9.17, 15) is 0 Å². The number of thiophene rings is 1. The highest BCUT2D eigenvalue weighted by Crippen LogP contribution is 2.38. The van der Waals surface area contributed by atoms with Crippen molar-refractivity contribution in [1.29, 1.82) is 0 Å². The van der Waals surface area contributed by atoms with E-state index in [4.69, 9.17) is 4.74 Å². The van der Waals surface area contributed by atoms with Crippen molar-refractivity contribution in [2.24, 2.45) is 0 Å². The van der Waals surface area contributed by atoms with Crippen LogP contribution in [0.25, 0.3) is 0 Å². The molecule has 3 heteroatoms. The molecule has 18 heavy (non-hydrogen) atoms. The van der Waals surface area contributed by atoms with Crippen LogP contribution in [0.5, 0.6) is 0 Å². The molecule has 2 fully saturated rings. The number of nitrogens with zero attached hydrogens (tertiary/aromatic N) is 1. The Labute approximate surface area is 114 Å². The molecule has 1 aromatic heterocycles. The smallest absolute Gasteiger partial charge is 0.0601 e. The van der Waals surface area contributed by atoms with Crippen molar-refractivity contribution >= 4 is 11.3 Å². The quantitative estimate of drug-likeness (QED) is 0.827. The summed E-state index contributed by atoms with van der Waals surface area (Å²) >= 11 is 1.99. The Morgan fingerprint density at radius 2 is 1.89 bits per heavy atom. The second kappa shape index (κ2) is 5.32. The van der Waals surface area contributed by atoms with Crippen molar-refractivity contribution in [2.75, 3.05) is 7.11 Å². The molecular formula is C15H23NOS. The third kappa shape index (κ3) is 2.36. The molecule has 0 aliphatic carbocycles. The average molecular weight is 265 g/mol. The molecule has 2 saturated heterocycles. The lowest BCUT2D eigenvalue weighted by Crippen LogP contribution is -2.44. The van der Waals surface area contributed by atoms with Gasteiger partial charge < -0.3 is 4.74 Å². The molecule has 2 nitrogen and oxygen atoms in total. The number of hydrogen-bond acceptors (Lipinski definition) is 3. The second-order valence-corrected chi connectivity index (χ2v) is 6.86. The van der Waals surface area contributed by atoms with E-state index in [0.29, 0.717) is 6.10 Å². The van der Waals surface area contributed by atoms with Crippen LogP contribution in [0.15, 0.2) is 12.1 Å². The molecular weight excluding hydrogens is 242 g/mol. The van der Waals surface area contributed by atoms with E-state index in [1.807, 2.05) is 18.4 Å². The van der Waals surface area contributed by atoms with E-state index in [1.54, 1.807) is 4.88 Å². The van der Waals surface area contributed by atoms with Gasteiger partial charge in [0.15, 0.2) is 0 Å². The summed E-state index contributed by atoms with van der Waals surface area (Å²) in [6.45, 7) is 3.40. The summed E-state index contributed by atoms with van der Waals surface area (Å²) < 4.78 is 5.57. The normalized spacial score (nSPS) is 32.0. The molecule has 0 spiro atoms. The lowest BCUT2D eigenvalue weighted by Gasteiger charge is -2.38. The Morgan fingerprint density at radius 1 is 1.22 bits per heavy atom. The molecule has 3 heterocycles. The Morgan fingerprint density at radius 3 is 2.44 bits per heavy atom. The van der Waals surface area contributed by atoms with Crippen LogP contribution in [0.3, 0.4) is 0 Å². The van der Waals surface area contributed by atoms with Crippen LogP contribution in [0.1, 0.15) is 42.4 Å². The number of methoxy groups -OCH3 is 1. The lowest BCUT2D eigenvalue weighted by molar-refractivity contribution is 0.00290. The third-order valence-corrected chi connectivity index (χ3v) is 5.79. The molecule has 3 rings (SSSR count). The van der Waals surface area contributed by atoms with Crippen LogP contribution < -0.4 is 0 Å². The SMILES string of the molecule is CCc1ccc(CN2[C@@H]3CC[C@H]2CC(OC)C3)s1. The predicted molar refractivity (Wildman–Crippen MR) is 76.1 cm³/mol. The molecule has 1 aromatic rings. The Bertz CT molecular complexity index is 389. The standard InChI is InChI=1S/C15H23NOS/c1-3-14-6-7-15(18-14)10-16-11-4-5-12(16)9-13(8-11)17-2/h6-7,11-13H,3-5,8-10H2,1-2H3/t11-,12+,13?. The van der Waals surface area contributed by atoms with E-state index < -0.39 is 0 Å². The molecule has 2 aliphatic rings. The topological polar surface area (TPSA) is 12.5 Å². The first-order valence-electron chi connectivity index (χ1n) is 7.16. The van der Waals surface area contributed by atoms with Gasteiger partial charge in [0.05, 0.1) is 6.10 Å². The van der Waals surface area contributed by atoms with Crippen molar-refractivity contribution in [2.45, 2.75) is 63.8 Å². The highest BCUT2D eigenvalue weighted by molar-refractivity contribution is 7.11. The largest absolute Gasteiger partial charge is 0.381 e. The van der Waals surface area contributed by atoms with Crippen molar-refractivity contribution in [1.82, 2.24) is 4.90 Å². The number of hydrogen-bond donors (Lipinski definition) is 0. The van der Waals surface area contributed by atoms with Crippen LogP contribution in [-0.4, -0.2) is 30.2 Å². The second-order valence-electron chi connectivity index (χ2n) is 5.61. The van der Waals surface area contributed by atoms with Crippen molar-refractivity contribution < 1.29 is 4.74 Å². The maximum Gasteiger partial charge on any atom is 0.0601 e. The maximum atomic E-state index is 5.57. The summed E-state index contributed by atoms with van der Waals surface area (Å²) in [6, 6.07) is 6.15. The summed E-state index contributed by atoms with van der Waals surface area (Å²) in [5.41, 5.74) is 0. The summed E-state index contributed by atoms with van der Waals surface area (Å²) in [6.07, 6.45) is 6.89. The van der Waals surface area contributed by atoms with E-state index in [0.717, 1.165) is 18.6 Å². The zero-order valence-corrected chi connectivity index (χ0v) is 12.2. The van der Waals surface area contributed by atoms with Gasteiger partial charge in [-0.2, -0.15) is 0 Å². The summed E-state index contributed by atoms with van der Waals surface area (Å²) in [5.74, 6) is 0. The minimum absolute atomic E-state index is 0.508. The monoisotopic (exact) mass is 265 g/mol. The lowest BCUT2D eigenvalue weighted by atomic mass is 9.99. The molecule has 3 atom stereocenters. The zero-order valence-electron chi connectivity index (χ0n) is 11.4. The van der Waals surface area contributed by atoms with Crippen LogP contribution in [-0.2, 0) is 17.7 Å². The molecule has 0 saturated carbocycles. The van der Waals surface area contributed by atoms with Crippen LogP contribution in [0.2, 0.25) is 0 Å². The van der Waals surface area contributed by atoms with Crippen LogP contribution >= 0.6 is 11.3 Å². The van der Waals surface area contributed by atoms with Crippen molar-refractivity contribution in [3.05, 3.63) is 21.9 Å². The molecule has 2 aliphatic heterocycles. The Kier molecular flexibility index (Phi) is 3.73. The first-order chi connectivity index (χ1) is 8.80. The predicted octanol–water partition coefficient (Wildman–Crippen LogP) is 3.45. The highest BCUT2D eigenvalue weighted by atomic mass is 32.1. The molecule has 2 bridgehead atoms. The summed E-state index contributed by atoms with van der Waals surface area (Å²) in [7, 11) is 1.87. The fraction of sp³-hybridized carbons (Fsp3) is 0.733. The minimum Gasteiger partial charge on any atom is -0.381 e. The Balaban J connectivity index is 1.67. The third-order valence-electron chi connectivity index (χ3n) is 4.58. The summed E-state index contributed by atoms with van der Waals surface area (Å²) in [4.78, 5) is 5.80. The van der Waals surface area contributed by atoms with Crippen LogP contribution in [0.4, 0.5) is 0 Å². The maximum absolute atomic E-state index is 5.57. The molecule has 1 unspecified atom stereocenters. The van der Waals surface area contributed by atoms with Gasteiger partial charge in [0, 0.05) is 35.5 Å². The van der Waals surface area contributed by atoms with Gasteiger partial charge in [-0.15, -0.1) is 11.3 Å². The number of rotatable bonds is 4. The van der Waals surface area contributed by atoms with Gasteiger partial charge >= 0.3 is 0 Å². The molecule has 0 radical (unpaired) electrons. The van der Waals surface area contributed by atoms with Gasteiger partial charge in [0.25, 0.3) is 0 Å². The fourth-order valence-electron chi connectivity index (χ4n) is 3.55. The highest BCUT2D eigenvalue weighted by Gasteiger charge is 2.40. The minimum atomic E-state index is 0.508.